The molecule has 0 aliphatic heterocycles. The Morgan fingerprint density at radius 1 is 1.18 bits per heavy atom. The highest BCUT2D eigenvalue weighted by atomic mass is 16.4. The predicted molar refractivity (Wildman–Crippen MR) is 70.6 cm³/mol. The first kappa shape index (κ1) is 11.7. The lowest BCUT2D eigenvalue weighted by Crippen LogP contribution is -2.25. The van der Waals surface area contributed by atoms with Crippen molar-refractivity contribution in [3.63, 3.8) is 0 Å². The fourth-order valence-corrected chi connectivity index (χ4v) is 1.84. The normalized spacial score (nSPS) is 11.8. The van der Waals surface area contributed by atoms with Crippen LogP contribution in [0.3, 0.4) is 0 Å². The zero-order valence-electron chi connectivity index (χ0n) is 10.6. The fraction of sp³-hybridized carbons (Fsp3) is 0.357. The summed E-state index contributed by atoms with van der Waals surface area (Å²) in [7, 11) is 0. The third kappa shape index (κ3) is 2.67. The molecule has 0 aliphatic carbocycles. The molecule has 90 valence electrons. The number of rotatable bonds is 1. The van der Waals surface area contributed by atoms with Crippen molar-refractivity contribution in [2.75, 3.05) is 5.32 Å². The van der Waals surface area contributed by atoms with Gasteiger partial charge in [0.15, 0.2) is 0 Å². The van der Waals surface area contributed by atoms with Crippen LogP contribution in [0.5, 0.6) is 0 Å². The first-order chi connectivity index (χ1) is 7.85. The van der Waals surface area contributed by atoms with Crippen LogP contribution >= 0.6 is 0 Å². The van der Waals surface area contributed by atoms with Crippen molar-refractivity contribution in [1.29, 1.82) is 0 Å². The lowest BCUT2D eigenvalue weighted by Gasteiger charge is -2.22. The molecule has 2 aromatic rings. The van der Waals surface area contributed by atoms with Gasteiger partial charge in [0.25, 0.3) is 0 Å². The Kier molecular flexibility index (Phi) is 2.69. The van der Waals surface area contributed by atoms with Crippen molar-refractivity contribution in [2.45, 2.75) is 33.2 Å². The van der Waals surface area contributed by atoms with Crippen LogP contribution in [0.1, 0.15) is 26.3 Å². The summed E-state index contributed by atoms with van der Waals surface area (Å²) >= 11 is 0. The van der Waals surface area contributed by atoms with Crippen molar-refractivity contribution in [2.24, 2.45) is 0 Å². The van der Waals surface area contributed by atoms with E-state index in [1.165, 1.54) is 6.07 Å². The van der Waals surface area contributed by atoms with Gasteiger partial charge in [0.05, 0.1) is 0 Å². The molecule has 0 amide bonds. The van der Waals surface area contributed by atoms with Gasteiger partial charge in [0.1, 0.15) is 5.58 Å². The van der Waals surface area contributed by atoms with E-state index in [4.69, 9.17) is 4.42 Å². The van der Waals surface area contributed by atoms with E-state index in [-0.39, 0.29) is 11.2 Å². The first-order valence-electron chi connectivity index (χ1n) is 5.68. The van der Waals surface area contributed by atoms with E-state index in [1.807, 2.05) is 25.1 Å². The summed E-state index contributed by atoms with van der Waals surface area (Å²) < 4.78 is 5.20. The van der Waals surface area contributed by atoms with E-state index < -0.39 is 0 Å². The molecule has 0 spiro atoms. The second kappa shape index (κ2) is 3.91. The Balaban J connectivity index is 2.54. The van der Waals surface area contributed by atoms with Gasteiger partial charge in [-0.25, -0.2) is 4.79 Å². The minimum atomic E-state index is -0.303. The highest BCUT2D eigenvalue weighted by molar-refractivity contribution is 5.83. The standard InChI is InChI=1S/C14H17NO2/c1-9-7-13(16)17-12-8-10(5-6-11(9)12)15-14(2,3)4/h5-8,15H,1-4H3. The molecule has 2 rings (SSSR count). The Morgan fingerprint density at radius 2 is 1.88 bits per heavy atom. The largest absolute Gasteiger partial charge is 0.423 e. The molecule has 0 atom stereocenters. The second-order valence-electron chi connectivity index (χ2n) is 5.33. The van der Waals surface area contributed by atoms with Crippen LogP contribution in [-0.2, 0) is 0 Å². The topological polar surface area (TPSA) is 42.2 Å². The van der Waals surface area contributed by atoms with Crippen LogP contribution in [0.15, 0.2) is 33.5 Å². The number of aryl methyl sites for hydroxylation is 1. The summed E-state index contributed by atoms with van der Waals surface area (Å²) in [6.07, 6.45) is 0. The molecule has 0 radical (unpaired) electrons. The third-order valence-electron chi connectivity index (χ3n) is 2.47. The van der Waals surface area contributed by atoms with E-state index in [9.17, 15) is 4.79 Å². The van der Waals surface area contributed by atoms with Crippen molar-refractivity contribution in [3.8, 4) is 0 Å². The van der Waals surface area contributed by atoms with Crippen molar-refractivity contribution >= 4 is 16.7 Å². The molecule has 1 aromatic heterocycles. The number of fused-ring (bicyclic) bond motifs is 1. The SMILES string of the molecule is Cc1cc(=O)oc2cc(NC(C)(C)C)ccc12. The highest BCUT2D eigenvalue weighted by Gasteiger charge is 2.10. The van der Waals surface area contributed by atoms with Gasteiger partial charge < -0.3 is 9.73 Å². The Hall–Kier alpha value is -1.77. The molecule has 0 saturated carbocycles. The number of hydrogen-bond acceptors (Lipinski definition) is 3. The van der Waals surface area contributed by atoms with Gasteiger partial charge >= 0.3 is 5.63 Å². The molecule has 17 heavy (non-hydrogen) atoms. The fourth-order valence-electron chi connectivity index (χ4n) is 1.84. The zero-order valence-corrected chi connectivity index (χ0v) is 10.6. The summed E-state index contributed by atoms with van der Waals surface area (Å²) in [5.41, 5.74) is 2.21. The molecule has 0 unspecified atom stereocenters. The summed E-state index contributed by atoms with van der Waals surface area (Å²) in [5, 5.41) is 4.33. The van der Waals surface area contributed by atoms with E-state index in [0.717, 1.165) is 16.6 Å². The smallest absolute Gasteiger partial charge is 0.336 e. The van der Waals surface area contributed by atoms with Gasteiger partial charge in [-0.1, -0.05) is 0 Å². The Labute approximate surface area is 100 Å². The first-order valence-corrected chi connectivity index (χ1v) is 5.68. The van der Waals surface area contributed by atoms with Crippen LogP contribution in [0.4, 0.5) is 5.69 Å². The molecule has 3 nitrogen and oxygen atoms in total. The van der Waals surface area contributed by atoms with Crippen LogP contribution < -0.4 is 10.9 Å². The van der Waals surface area contributed by atoms with Gasteiger partial charge in [-0.15, -0.1) is 0 Å². The predicted octanol–water partition coefficient (Wildman–Crippen LogP) is 3.31. The maximum Gasteiger partial charge on any atom is 0.336 e. The summed E-state index contributed by atoms with van der Waals surface area (Å²) in [5.74, 6) is 0. The zero-order chi connectivity index (χ0) is 12.6. The van der Waals surface area contributed by atoms with Gasteiger partial charge in [-0.3, -0.25) is 0 Å². The molecule has 0 saturated heterocycles. The summed E-state index contributed by atoms with van der Waals surface area (Å²) in [6, 6.07) is 7.36. The average molecular weight is 231 g/mol. The molecule has 1 N–H and O–H groups in total. The lowest BCUT2D eigenvalue weighted by atomic mass is 10.1. The van der Waals surface area contributed by atoms with Gasteiger partial charge in [-0.05, 0) is 45.4 Å². The molecule has 1 aromatic carbocycles. The molecule has 3 heteroatoms. The number of hydrogen-bond donors (Lipinski definition) is 1. The molecule has 0 aliphatic rings. The number of benzene rings is 1. The number of nitrogens with one attached hydrogen (secondary N) is 1. The molecule has 0 bridgehead atoms. The van der Waals surface area contributed by atoms with E-state index in [2.05, 4.69) is 26.1 Å². The maximum absolute atomic E-state index is 11.3. The summed E-state index contributed by atoms with van der Waals surface area (Å²) in [4.78, 5) is 11.3. The van der Waals surface area contributed by atoms with Crippen LogP contribution in [-0.4, -0.2) is 5.54 Å². The molecular weight excluding hydrogens is 214 g/mol. The minimum absolute atomic E-state index is 0.0161. The summed E-state index contributed by atoms with van der Waals surface area (Å²) in [6.45, 7) is 8.17. The van der Waals surface area contributed by atoms with Crippen molar-refractivity contribution in [1.82, 2.24) is 0 Å². The van der Waals surface area contributed by atoms with Gasteiger partial charge in [-0.2, -0.15) is 0 Å². The monoisotopic (exact) mass is 231 g/mol. The third-order valence-corrected chi connectivity index (χ3v) is 2.47. The molecule has 0 fully saturated rings. The maximum atomic E-state index is 11.3. The van der Waals surface area contributed by atoms with Crippen LogP contribution in [0.25, 0.3) is 11.0 Å². The average Bonchev–Trinajstić information content (AvgIpc) is 2.13. The van der Waals surface area contributed by atoms with E-state index in [0.29, 0.717) is 5.58 Å². The quantitative estimate of drug-likeness (QED) is 0.765. The Morgan fingerprint density at radius 3 is 2.53 bits per heavy atom. The number of anilines is 1. The molecule has 1 heterocycles. The second-order valence-corrected chi connectivity index (χ2v) is 5.33. The van der Waals surface area contributed by atoms with Crippen molar-refractivity contribution in [3.05, 3.63) is 40.2 Å². The lowest BCUT2D eigenvalue weighted by molar-refractivity contribution is 0.559. The van der Waals surface area contributed by atoms with Crippen LogP contribution in [0.2, 0.25) is 0 Å². The molecular formula is C14H17NO2. The van der Waals surface area contributed by atoms with Gasteiger partial charge in [0, 0.05) is 28.7 Å². The van der Waals surface area contributed by atoms with Gasteiger partial charge in [0.2, 0.25) is 0 Å². The van der Waals surface area contributed by atoms with Crippen LogP contribution in [0, 0.1) is 6.92 Å². The van der Waals surface area contributed by atoms with E-state index in [1.54, 1.807) is 0 Å². The van der Waals surface area contributed by atoms with E-state index >= 15 is 0 Å². The minimum Gasteiger partial charge on any atom is -0.423 e. The van der Waals surface area contributed by atoms with Crippen molar-refractivity contribution < 1.29 is 4.42 Å². The Bertz CT molecular complexity index is 606. The highest BCUT2D eigenvalue weighted by Crippen LogP contribution is 2.22.